The van der Waals surface area contributed by atoms with Gasteiger partial charge in [-0.05, 0) is 37.4 Å². The number of benzene rings is 1. The summed E-state index contributed by atoms with van der Waals surface area (Å²) in [5.41, 5.74) is 3.23. The third kappa shape index (κ3) is 3.82. The third-order valence-corrected chi connectivity index (χ3v) is 4.99. The summed E-state index contributed by atoms with van der Waals surface area (Å²) < 4.78 is 1.88. The first kappa shape index (κ1) is 16.4. The van der Waals surface area contributed by atoms with E-state index in [-0.39, 0.29) is 6.04 Å². The second-order valence-electron chi connectivity index (χ2n) is 5.02. The zero-order valence-electron chi connectivity index (χ0n) is 13.0. The number of nitrogens with one attached hydrogen (secondary N) is 1. The van der Waals surface area contributed by atoms with Gasteiger partial charge in [0.2, 0.25) is 0 Å². The quantitative estimate of drug-likeness (QED) is 0.815. The number of thioether (sulfide) groups is 1. The van der Waals surface area contributed by atoms with Crippen LogP contribution in [0.5, 0.6) is 0 Å². The lowest BCUT2D eigenvalue weighted by Crippen LogP contribution is -2.20. The molecule has 3 nitrogen and oxygen atoms in total. The predicted molar refractivity (Wildman–Crippen MR) is 91.3 cm³/mol. The van der Waals surface area contributed by atoms with Gasteiger partial charge in [-0.15, -0.1) is 11.8 Å². The number of aromatic nitrogens is 2. The van der Waals surface area contributed by atoms with Crippen LogP contribution in [0.1, 0.15) is 29.9 Å². The maximum atomic E-state index is 6.35. The highest BCUT2D eigenvalue weighted by atomic mass is 35.5. The standard InChI is InChI=1S/C16H22ClN3S/c1-5-21-13-8-6-12(7-9-13)14(18-3)10-15-16(17)11(2)19-20(15)4/h6-9,14,18H,5,10H2,1-4H3. The molecule has 1 atom stereocenters. The molecule has 0 amide bonds. The van der Waals surface area contributed by atoms with Crippen molar-refractivity contribution in [1.29, 1.82) is 0 Å². The third-order valence-electron chi connectivity index (χ3n) is 3.60. The number of likely N-dealkylation sites (N-methyl/N-ethyl adjacent to an activating group) is 1. The molecule has 0 saturated heterocycles. The van der Waals surface area contributed by atoms with E-state index in [0.29, 0.717) is 0 Å². The highest BCUT2D eigenvalue weighted by Crippen LogP contribution is 2.27. The fourth-order valence-electron chi connectivity index (χ4n) is 2.44. The van der Waals surface area contributed by atoms with Gasteiger partial charge in [0.25, 0.3) is 0 Å². The molecule has 2 rings (SSSR count). The van der Waals surface area contributed by atoms with Crippen molar-refractivity contribution in [2.45, 2.75) is 31.2 Å². The molecule has 0 aliphatic rings. The Labute approximate surface area is 136 Å². The van der Waals surface area contributed by atoms with E-state index < -0.39 is 0 Å². The number of hydrogen-bond donors (Lipinski definition) is 1. The largest absolute Gasteiger partial charge is 0.313 e. The van der Waals surface area contributed by atoms with Gasteiger partial charge >= 0.3 is 0 Å². The molecule has 0 fully saturated rings. The summed E-state index contributed by atoms with van der Waals surface area (Å²) >= 11 is 8.21. The fourth-order valence-corrected chi connectivity index (χ4v) is 3.34. The Morgan fingerprint density at radius 3 is 2.48 bits per heavy atom. The molecule has 0 radical (unpaired) electrons. The van der Waals surface area contributed by atoms with Gasteiger partial charge in [-0.1, -0.05) is 30.7 Å². The highest BCUT2D eigenvalue weighted by molar-refractivity contribution is 7.99. The van der Waals surface area contributed by atoms with E-state index in [2.05, 4.69) is 41.6 Å². The van der Waals surface area contributed by atoms with Crippen LogP contribution >= 0.6 is 23.4 Å². The van der Waals surface area contributed by atoms with Crippen LogP contribution in [0.15, 0.2) is 29.2 Å². The zero-order valence-corrected chi connectivity index (χ0v) is 14.6. The number of rotatable bonds is 6. The van der Waals surface area contributed by atoms with Gasteiger partial charge < -0.3 is 5.32 Å². The summed E-state index contributed by atoms with van der Waals surface area (Å²) in [6.45, 7) is 4.11. The molecule has 1 aromatic carbocycles. The van der Waals surface area contributed by atoms with E-state index in [1.165, 1.54) is 10.5 Å². The van der Waals surface area contributed by atoms with E-state index in [1.54, 1.807) is 0 Å². The van der Waals surface area contributed by atoms with E-state index in [4.69, 9.17) is 11.6 Å². The Balaban J connectivity index is 2.19. The van der Waals surface area contributed by atoms with Crippen LogP contribution in [-0.2, 0) is 13.5 Å². The first-order valence-corrected chi connectivity index (χ1v) is 8.51. The number of hydrogen-bond acceptors (Lipinski definition) is 3. The predicted octanol–water partition coefficient (Wildman–Crippen LogP) is 4.00. The van der Waals surface area contributed by atoms with Crippen molar-refractivity contribution >= 4 is 23.4 Å². The molecule has 1 aromatic heterocycles. The fraction of sp³-hybridized carbons (Fsp3) is 0.438. The molecule has 21 heavy (non-hydrogen) atoms. The van der Waals surface area contributed by atoms with E-state index in [0.717, 1.165) is 28.6 Å². The van der Waals surface area contributed by atoms with Gasteiger partial charge in [0.05, 0.1) is 16.4 Å². The number of aryl methyl sites for hydroxylation is 2. The first-order valence-electron chi connectivity index (χ1n) is 7.14. The maximum absolute atomic E-state index is 6.35. The van der Waals surface area contributed by atoms with Crippen molar-refractivity contribution in [1.82, 2.24) is 15.1 Å². The molecule has 5 heteroatoms. The van der Waals surface area contributed by atoms with Gasteiger partial charge in [-0.25, -0.2) is 0 Å². The van der Waals surface area contributed by atoms with Crippen LogP contribution in [0.25, 0.3) is 0 Å². The van der Waals surface area contributed by atoms with Crippen LogP contribution in [-0.4, -0.2) is 22.6 Å². The SMILES string of the molecule is CCSc1ccc(C(Cc2c(Cl)c(C)nn2C)NC)cc1. The van der Waals surface area contributed by atoms with Gasteiger partial charge in [0, 0.05) is 24.4 Å². The topological polar surface area (TPSA) is 29.9 Å². The molecule has 0 aliphatic carbocycles. The normalized spacial score (nSPS) is 12.6. The summed E-state index contributed by atoms with van der Waals surface area (Å²) in [7, 11) is 3.93. The van der Waals surface area contributed by atoms with E-state index >= 15 is 0 Å². The van der Waals surface area contributed by atoms with Gasteiger partial charge in [-0.2, -0.15) is 5.10 Å². The Hall–Kier alpha value is -0.970. The van der Waals surface area contributed by atoms with Crippen molar-refractivity contribution in [3.8, 4) is 0 Å². The Morgan fingerprint density at radius 2 is 2.00 bits per heavy atom. The van der Waals surface area contributed by atoms with Crippen molar-refractivity contribution in [2.24, 2.45) is 7.05 Å². The minimum atomic E-state index is 0.234. The molecule has 1 N–H and O–H groups in total. The van der Waals surface area contributed by atoms with Gasteiger partial charge in [0.15, 0.2) is 0 Å². The second kappa shape index (κ2) is 7.34. The molecule has 0 spiro atoms. The molecular formula is C16H22ClN3S. The number of nitrogens with zero attached hydrogens (tertiary/aromatic N) is 2. The van der Waals surface area contributed by atoms with Crippen LogP contribution in [0, 0.1) is 6.92 Å². The average Bonchev–Trinajstić information content (AvgIpc) is 2.72. The zero-order chi connectivity index (χ0) is 15.4. The van der Waals surface area contributed by atoms with E-state index in [9.17, 15) is 0 Å². The van der Waals surface area contributed by atoms with Crippen LogP contribution < -0.4 is 5.32 Å². The molecular weight excluding hydrogens is 302 g/mol. The number of halogens is 1. The Kier molecular flexibility index (Phi) is 5.73. The summed E-state index contributed by atoms with van der Waals surface area (Å²) in [6, 6.07) is 8.98. The highest BCUT2D eigenvalue weighted by Gasteiger charge is 2.17. The summed E-state index contributed by atoms with van der Waals surface area (Å²) in [5, 5.41) is 8.53. The Morgan fingerprint density at radius 1 is 1.33 bits per heavy atom. The van der Waals surface area contributed by atoms with Crippen LogP contribution in [0.3, 0.4) is 0 Å². The monoisotopic (exact) mass is 323 g/mol. The molecule has 114 valence electrons. The van der Waals surface area contributed by atoms with Crippen LogP contribution in [0.2, 0.25) is 5.02 Å². The molecule has 0 bridgehead atoms. The lowest BCUT2D eigenvalue weighted by molar-refractivity contribution is 0.561. The summed E-state index contributed by atoms with van der Waals surface area (Å²) in [5.74, 6) is 1.10. The molecule has 0 aliphatic heterocycles. The van der Waals surface area contributed by atoms with Crippen molar-refractivity contribution in [3.05, 3.63) is 46.2 Å². The first-order chi connectivity index (χ1) is 10.1. The Bertz CT molecular complexity index is 592. The second-order valence-corrected chi connectivity index (χ2v) is 6.73. The maximum Gasteiger partial charge on any atom is 0.0847 e. The van der Waals surface area contributed by atoms with Gasteiger partial charge in [-0.3, -0.25) is 4.68 Å². The van der Waals surface area contributed by atoms with Crippen molar-refractivity contribution < 1.29 is 0 Å². The van der Waals surface area contributed by atoms with E-state index in [1.807, 2.05) is 37.5 Å². The molecule has 1 unspecified atom stereocenters. The molecule has 1 heterocycles. The molecule has 2 aromatic rings. The van der Waals surface area contributed by atoms with Crippen LogP contribution in [0.4, 0.5) is 0 Å². The van der Waals surface area contributed by atoms with Crippen molar-refractivity contribution in [3.63, 3.8) is 0 Å². The minimum Gasteiger partial charge on any atom is -0.313 e. The van der Waals surface area contributed by atoms with Crippen molar-refractivity contribution in [2.75, 3.05) is 12.8 Å². The lowest BCUT2D eigenvalue weighted by Gasteiger charge is -2.17. The van der Waals surface area contributed by atoms with Gasteiger partial charge in [0.1, 0.15) is 0 Å². The smallest absolute Gasteiger partial charge is 0.0847 e. The molecule has 0 saturated carbocycles. The lowest BCUT2D eigenvalue weighted by atomic mass is 10.0. The summed E-state index contributed by atoms with van der Waals surface area (Å²) in [6.07, 6.45) is 0.826. The average molecular weight is 324 g/mol. The summed E-state index contributed by atoms with van der Waals surface area (Å²) in [4.78, 5) is 1.31. The minimum absolute atomic E-state index is 0.234.